The SMILES string of the molecule is O=C(O)c1cc(S(=O)Cc2ccc(F)c(Cl)c2)ccc1Br. The van der Waals surface area contributed by atoms with Crippen molar-refractivity contribution in [1.82, 2.24) is 0 Å². The van der Waals surface area contributed by atoms with Gasteiger partial charge in [0.1, 0.15) is 5.82 Å². The number of carboxylic acids is 1. The fourth-order valence-electron chi connectivity index (χ4n) is 1.67. The van der Waals surface area contributed by atoms with Gasteiger partial charge >= 0.3 is 5.97 Å². The zero-order valence-electron chi connectivity index (χ0n) is 10.5. The van der Waals surface area contributed by atoms with E-state index in [4.69, 9.17) is 16.7 Å². The maximum absolute atomic E-state index is 13.1. The van der Waals surface area contributed by atoms with Crippen molar-refractivity contribution in [2.45, 2.75) is 10.6 Å². The fourth-order valence-corrected chi connectivity index (χ4v) is 3.41. The molecule has 0 spiro atoms. The molecule has 0 fully saturated rings. The molecule has 0 bridgehead atoms. The second-order valence-corrected chi connectivity index (χ2v) is 6.90. The second kappa shape index (κ2) is 6.68. The molecule has 1 atom stereocenters. The molecule has 7 heteroatoms. The van der Waals surface area contributed by atoms with Crippen LogP contribution in [0.4, 0.5) is 4.39 Å². The first kappa shape index (κ1) is 16.1. The molecule has 2 aromatic carbocycles. The highest BCUT2D eigenvalue weighted by Crippen LogP contribution is 2.23. The highest BCUT2D eigenvalue weighted by atomic mass is 79.9. The Morgan fingerprint density at radius 3 is 2.62 bits per heavy atom. The summed E-state index contributed by atoms with van der Waals surface area (Å²) in [6.07, 6.45) is 0. The Labute approximate surface area is 136 Å². The van der Waals surface area contributed by atoms with Gasteiger partial charge in [-0.25, -0.2) is 9.18 Å². The summed E-state index contributed by atoms with van der Waals surface area (Å²) in [5.74, 6) is -1.52. The van der Waals surface area contributed by atoms with Gasteiger partial charge in [0.2, 0.25) is 0 Å². The lowest BCUT2D eigenvalue weighted by molar-refractivity contribution is 0.0695. The van der Waals surface area contributed by atoms with E-state index < -0.39 is 22.6 Å². The Hall–Kier alpha value is -1.24. The van der Waals surface area contributed by atoms with Crippen LogP contribution in [-0.2, 0) is 16.6 Å². The van der Waals surface area contributed by atoms with Crippen molar-refractivity contribution in [1.29, 1.82) is 0 Å². The molecule has 0 aliphatic heterocycles. The Morgan fingerprint density at radius 2 is 2.00 bits per heavy atom. The number of carboxylic acid groups (broad SMARTS) is 1. The highest BCUT2D eigenvalue weighted by molar-refractivity contribution is 9.10. The van der Waals surface area contributed by atoms with Crippen molar-refractivity contribution in [2.75, 3.05) is 0 Å². The van der Waals surface area contributed by atoms with Crippen molar-refractivity contribution in [3.05, 3.63) is 62.8 Å². The van der Waals surface area contributed by atoms with Crippen molar-refractivity contribution in [3.8, 4) is 0 Å². The third kappa shape index (κ3) is 3.90. The summed E-state index contributed by atoms with van der Waals surface area (Å²) >= 11 is 8.80. The summed E-state index contributed by atoms with van der Waals surface area (Å²) in [6.45, 7) is 0. The lowest BCUT2D eigenvalue weighted by Gasteiger charge is -2.06. The second-order valence-electron chi connectivity index (χ2n) is 4.19. The van der Waals surface area contributed by atoms with E-state index in [1.54, 1.807) is 6.07 Å². The number of hydrogen-bond acceptors (Lipinski definition) is 2. The van der Waals surface area contributed by atoms with Gasteiger partial charge in [-0.1, -0.05) is 17.7 Å². The molecule has 0 saturated heterocycles. The molecule has 0 saturated carbocycles. The highest BCUT2D eigenvalue weighted by Gasteiger charge is 2.13. The van der Waals surface area contributed by atoms with Gasteiger partial charge in [0.15, 0.2) is 0 Å². The molecule has 21 heavy (non-hydrogen) atoms. The minimum absolute atomic E-state index is 0.0356. The molecule has 1 unspecified atom stereocenters. The monoisotopic (exact) mass is 390 g/mol. The van der Waals surface area contributed by atoms with Crippen molar-refractivity contribution >= 4 is 44.3 Å². The van der Waals surface area contributed by atoms with E-state index in [0.717, 1.165) is 0 Å². The maximum Gasteiger partial charge on any atom is 0.336 e. The number of carbonyl (C=O) groups is 1. The summed E-state index contributed by atoms with van der Waals surface area (Å²) in [6, 6.07) is 8.58. The Kier molecular flexibility index (Phi) is 5.13. The summed E-state index contributed by atoms with van der Waals surface area (Å²) in [5, 5.41) is 9.00. The Balaban J connectivity index is 2.26. The Bertz CT molecular complexity index is 736. The zero-order chi connectivity index (χ0) is 15.6. The van der Waals surface area contributed by atoms with E-state index in [0.29, 0.717) is 14.9 Å². The van der Waals surface area contributed by atoms with Crippen LogP contribution in [0, 0.1) is 5.82 Å². The minimum Gasteiger partial charge on any atom is -0.478 e. The van der Waals surface area contributed by atoms with Gasteiger partial charge in [0.25, 0.3) is 0 Å². The van der Waals surface area contributed by atoms with Crippen molar-refractivity contribution < 1.29 is 18.5 Å². The van der Waals surface area contributed by atoms with Crippen LogP contribution in [0.25, 0.3) is 0 Å². The Morgan fingerprint density at radius 1 is 1.29 bits per heavy atom. The number of benzene rings is 2. The van der Waals surface area contributed by atoms with Crippen LogP contribution in [0.3, 0.4) is 0 Å². The van der Waals surface area contributed by atoms with E-state index in [1.807, 2.05) is 0 Å². The average molecular weight is 392 g/mol. The number of hydrogen-bond donors (Lipinski definition) is 1. The predicted octanol–water partition coefficient (Wildman–Crippen LogP) is 4.25. The van der Waals surface area contributed by atoms with Crippen LogP contribution in [0.5, 0.6) is 0 Å². The molecule has 0 aliphatic rings. The lowest BCUT2D eigenvalue weighted by Crippen LogP contribution is -2.02. The summed E-state index contributed by atoms with van der Waals surface area (Å²) in [5.41, 5.74) is 0.650. The summed E-state index contributed by atoms with van der Waals surface area (Å²) in [4.78, 5) is 11.4. The lowest BCUT2D eigenvalue weighted by atomic mass is 10.2. The van der Waals surface area contributed by atoms with E-state index in [-0.39, 0.29) is 16.3 Å². The normalized spacial score (nSPS) is 12.1. The van der Waals surface area contributed by atoms with Gasteiger partial charge in [-0.15, -0.1) is 0 Å². The standard InChI is InChI=1S/C14H9BrClFO3S/c15-11-3-2-9(6-10(11)14(18)19)21(20)7-8-1-4-13(17)12(16)5-8/h1-6H,7H2,(H,18,19). The fraction of sp³-hybridized carbons (Fsp3) is 0.0714. The van der Waals surface area contributed by atoms with Crippen LogP contribution < -0.4 is 0 Å². The van der Waals surface area contributed by atoms with Crippen LogP contribution in [0.1, 0.15) is 15.9 Å². The molecule has 0 aliphatic carbocycles. The molecule has 0 radical (unpaired) electrons. The van der Waals surface area contributed by atoms with Gasteiger partial charge in [-0.2, -0.15) is 0 Å². The predicted molar refractivity (Wildman–Crippen MR) is 82.6 cm³/mol. The van der Waals surface area contributed by atoms with Crippen molar-refractivity contribution in [3.63, 3.8) is 0 Å². The zero-order valence-corrected chi connectivity index (χ0v) is 13.6. The molecule has 0 amide bonds. The van der Waals surface area contributed by atoms with E-state index in [2.05, 4.69) is 15.9 Å². The summed E-state index contributed by atoms with van der Waals surface area (Å²) < 4.78 is 25.7. The molecule has 3 nitrogen and oxygen atoms in total. The maximum atomic E-state index is 13.1. The van der Waals surface area contributed by atoms with Gasteiger partial charge in [-0.05, 0) is 51.8 Å². The molecule has 110 valence electrons. The number of aromatic carboxylic acids is 1. The molecular formula is C14H9BrClFO3S. The summed E-state index contributed by atoms with van der Waals surface area (Å²) in [7, 11) is -1.45. The minimum atomic E-state index is -1.45. The van der Waals surface area contributed by atoms with Crippen LogP contribution in [0.15, 0.2) is 45.8 Å². The van der Waals surface area contributed by atoms with Crippen molar-refractivity contribution in [2.24, 2.45) is 0 Å². The first-order valence-corrected chi connectivity index (χ1v) is 8.22. The van der Waals surface area contributed by atoms with Gasteiger partial charge < -0.3 is 5.11 Å². The third-order valence-electron chi connectivity index (χ3n) is 2.71. The van der Waals surface area contributed by atoms with E-state index in [9.17, 15) is 13.4 Å². The first-order chi connectivity index (χ1) is 9.88. The smallest absolute Gasteiger partial charge is 0.336 e. The molecular weight excluding hydrogens is 383 g/mol. The average Bonchev–Trinajstić information content (AvgIpc) is 2.43. The van der Waals surface area contributed by atoms with Crippen LogP contribution in [0.2, 0.25) is 5.02 Å². The molecule has 0 aromatic heterocycles. The van der Waals surface area contributed by atoms with Crippen LogP contribution >= 0.6 is 27.5 Å². The molecule has 2 rings (SSSR count). The largest absolute Gasteiger partial charge is 0.478 e. The topological polar surface area (TPSA) is 54.4 Å². The van der Waals surface area contributed by atoms with Gasteiger partial charge in [0.05, 0.1) is 27.1 Å². The third-order valence-corrected chi connectivity index (χ3v) is 5.07. The quantitative estimate of drug-likeness (QED) is 0.848. The van der Waals surface area contributed by atoms with Gasteiger partial charge in [-0.3, -0.25) is 4.21 Å². The van der Waals surface area contributed by atoms with Crippen LogP contribution in [-0.4, -0.2) is 15.3 Å². The van der Waals surface area contributed by atoms with Gasteiger partial charge in [0, 0.05) is 9.37 Å². The molecule has 2 aromatic rings. The number of halogens is 3. The molecule has 0 heterocycles. The first-order valence-electron chi connectivity index (χ1n) is 5.73. The molecule has 1 N–H and O–H groups in total. The number of rotatable bonds is 4. The van der Waals surface area contributed by atoms with E-state index >= 15 is 0 Å². The van der Waals surface area contributed by atoms with E-state index in [1.165, 1.54) is 30.3 Å².